The predicted molar refractivity (Wildman–Crippen MR) is 111 cm³/mol. The zero-order valence-electron chi connectivity index (χ0n) is 16.9. The number of para-hydroxylation sites is 1. The number of hydrogen-bond donors (Lipinski definition) is 3. The summed E-state index contributed by atoms with van der Waals surface area (Å²) in [5.74, 6) is -0.858. The molecule has 2 aromatic carbocycles. The number of urea groups is 1. The van der Waals surface area contributed by atoms with Gasteiger partial charge in [-0.15, -0.1) is 0 Å². The summed E-state index contributed by atoms with van der Waals surface area (Å²) in [5, 5.41) is 9.83. The molecule has 8 heteroatoms. The van der Waals surface area contributed by atoms with Crippen LogP contribution >= 0.6 is 0 Å². The molecule has 0 aliphatic rings. The minimum atomic E-state index is -0.863. The number of nitrogens with one attached hydrogen (secondary N) is 2. The number of hydrogen-bond acceptors (Lipinski definition) is 3. The highest BCUT2D eigenvalue weighted by atomic mass is 19.1. The Labute approximate surface area is 174 Å². The third-order valence-corrected chi connectivity index (χ3v) is 4.89. The first-order valence-corrected chi connectivity index (χ1v) is 9.54. The van der Waals surface area contributed by atoms with Crippen molar-refractivity contribution in [2.24, 2.45) is 5.73 Å². The van der Waals surface area contributed by atoms with Crippen LogP contribution in [0.2, 0.25) is 0 Å². The fourth-order valence-electron chi connectivity index (χ4n) is 3.36. The van der Waals surface area contributed by atoms with Gasteiger partial charge in [-0.3, -0.25) is 4.79 Å². The Kier molecular flexibility index (Phi) is 6.46. The lowest BCUT2D eigenvalue weighted by Crippen LogP contribution is -2.37. The first-order chi connectivity index (χ1) is 14.4. The highest BCUT2D eigenvalue weighted by molar-refractivity contribution is 5.78. The van der Waals surface area contributed by atoms with E-state index in [0.29, 0.717) is 0 Å². The second-order valence-corrected chi connectivity index (χ2v) is 6.96. The first kappa shape index (κ1) is 21.0. The van der Waals surface area contributed by atoms with E-state index in [1.807, 2.05) is 48.9 Å². The van der Waals surface area contributed by atoms with Crippen molar-refractivity contribution in [1.82, 2.24) is 20.4 Å². The van der Waals surface area contributed by atoms with Crippen LogP contribution in [0.1, 0.15) is 35.0 Å². The van der Waals surface area contributed by atoms with Gasteiger partial charge < -0.3 is 16.4 Å². The van der Waals surface area contributed by atoms with E-state index in [4.69, 9.17) is 5.73 Å². The Morgan fingerprint density at radius 2 is 1.77 bits per heavy atom. The van der Waals surface area contributed by atoms with E-state index in [9.17, 15) is 14.0 Å². The van der Waals surface area contributed by atoms with Crippen molar-refractivity contribution < 1.29 is 14.0 Å². The maximum Gasteiger partial charge on any atom is 0.312 e. The van der Waals surface area contributed by atoms with Crippen LogP contribution in [-0.4, -0.2) is 21.7 Å². The highest BCUT2D eigenvalue weighted by Crippen LogP contribution is 2.21. The number of aromatic nitrogens is 2. The van der Waals surface area contributed by atoms with Gasteiger partial charge in [0.15, 0.2) is 0 Å². The Morgan fingerprint density at radius 1 is 1.10 bits per heavy atom. The fraction of sp³-hybridized carbons (Fsp3) is 0.227. The summed E-state index contributed by atoms with van der Waals surface area (Å²) < 4.78 is 16.0. The second-order valence-electron chi connectivity index (χ2n) is 6.96. The van der Waals surface area contributed by atoms with Gasteiger partial charge in [0, 0.05) is 23.4 Å². The van der Waals surface area contributed by atoms with Crippen molar-refractivity contribution in [2.45, 2.75) is 32.9 Å². The van der Waals surface area contributed by atoms with Crippen LogP contribution in [-0.2, 0) is 11.3 Å². The molecule has 0 aliphatic carbocycles. The molecule has 0 radical (unpaired) electrons. The zero-order chi connectivity index (χ0) is 21.7. The number of halogens is 1. The maximum absolute atomic E-state index is 14.1. The Balaban J connectivity index is 1.71. The SMILES string of the molecule is Cc1nn(-c2ccccc2)c(C)c1CNC(=O)CC(NC(N)=O)c1ccccc1F. The van der Waals surface area contributed by atoms with Crippen LogP contribution in [0.4, 0.5) is 9.18 Å². The molecule has 0 bridgehead atoms. The molecule has 3 aromatic rings. The minimum absolute atomic E-state index is 0.144. The van der Waals surface area contributed by atoms with Gasteiger partial charge in [-0.2, -0.15) is 5.10 Å². The molecule has 1 aromatic heterocycles. The molecule has 0 spiro atoms. The van der Waals surface area contributed by atoms with Gasteiger partial charge in [0.05, 0.1) is 23.8 Å². The van der Waals surface area contributed by atoms with Crippen LogP contribution < -0.4 is 16.4 Å². The molecular weight excluding hydrogens is 385 g/mol. The van der Waals surface area contributed by atoms with Gasteiger partial charge in [-0.05, 0) is 32.0 Å². The van der Waals surface area contributed by atoms with Gasteiger partial charge in [0.2, 0.25) is 5.91 Å². The number of carbonyl (C=O) groups is 2. The Hall–Kier alpha value is -3.68. The largest absolute Gasteiger partial charge is 0.352 e. The van der Waals surface area contributed by atoms with Crippen LogP contribution in [0.25, 0.3) is 5.69 Å². The Morgan fingerprint density at radius 3 is 2.43 bits per heavy atom. The number of aryl methyl sites for hydroxylation is 1. The topological polar surface area (TPSA) is 102 Å². The van der Waals surface area contributed by atoms with Gasteiger partial charge in [0.1, 0.15) is 5.82 Å². The van der Waals surface area contributed by atoms with Crippen LogP contribution in [0.15, 0.2) is 54.6 Å². The molecule has 1 heterocycles. The van der Waals surface area contributed by atoms with E-state index in [2.05, 4.69) is 15.7 Å². The predicted octanol–water partition coefficient (Wildman–Crippen LogP) is 3.04. The summed E-state index contributed by atoms with van der Waals surface area (Å²) in [6.07, 6.45) is -0.144. The Bertz CT molecular complexity index is 1050. The lowest BCUT2D eigenvalue weighted by molar-refractivity contribution is -0.121. The number of benzene rings is 2. The third-order valence-electron chi connectivity index (χ3n) is 4.89. The molecule has 1 unspecified atom stereocenters. The average molecular weight is 409 g/mol. The number of carbonyl (C=O) groups excluding carboxylic acids is 2. The number of amides is 3. The lowest BCUT2D eigenvalue weighted by Gasteiger charge is -2.18. The van der Waals surface area contributed by atoms with Crippen molar-refractivity contribution in [3.63, 3.8) is 0 Å². The van der Waals surface area contributed by atoms with Crippen LogP contribution in [0.5, 0.6) is 0 Å². The van der Waals surface area contributed by atoms with Crippen molar-refractivity contribution in [1.29, 1.82) is 0 Å². The monoisotopic (exact) mass is 409 g/mol. The molecule has 30 heavy (non-hydrogen) atoms. The van der Waals surface area contributed by atoms with Crippen molar-refractivity contribution in [3.05, 3.63) is 82.9 Å². The summed E-state index contributed by atoms with van der Waals surface area (Å²) >= 11 is 0. The van der Waals surface area contributed by atoms with Gasteiger partial charge in [-0.1, -0.05) is 36.4 Å². The number of rotatable bonds is 7. The molecule has 7 nitrogen and oxygen atoms in total. The first-order valence-electron chi connectivity index (χ1n) is 9.54. The summed E-state index contributed by atoms with van der Waals surface area (Å²) in [6, 6.07) is 14.0. The zero-order valence-corrected chi connectivity index (χ0v) is 16.9. The minimum Gasteiger partial charge on any atom is -0.352 e. The second kappa shape index (κ2) is 9.21. The smallest absolute Gasteiger partial charge is 0.312 e. The fourth-order valence-corrected chi connectivity index (χ4v) is 3.36. The van der Waals surface area contributed by atoms with E-state index in [1.54, 1.807) is 6.07 Å². The van der Waals surface area contributed by atoms with Gasteiger partial charge in [0.25, 0.3) is 0 Å². The van der Waals surface area contributed by atoms with E-state index < -0.39 is 17.9 Å². The number of primary amides is 1. The summed E-state index contributed by atoms with van der Waals surface area (Å²) in [5.41, 5.74) is 8.96. The maximum atomic E-state index is 14.1. The van der Waals surface area contributed by atoms with Crippen molar-refractivity contribution in [3.8, 4) is 5.69 Å². The molecule has 0 saturated carbocycles. The summed E-state index contributed by atoms with van der Waals surface area (Å²) in [7, 11) is 0. The summed E-state index contributed by atoms with van der Waals surface area (Å²) in [6.45, 7) is 4.08. The molecule has 0 fully saturated rings. The number of nitrogens with two attached hydrogens (primary N) is 1. The standard InChI is InChI=1S/C22H24FN5O2/c1-14-18(15(2)28(27-14)16-8-4-3-5-9-16)13-25-21(29)12-20(26-22(24)30)17-10-6-7-11-19(17)23/h3-11,20H,12-13H2,1-2H3,(H,25,29)(H3,24,26,30). The molecule has 3 rings (SSSR count). The molecule has 0 saturated heterocycles. The molecule has 3 amide bonds. The molecule has 1 atom stereocenters. The summed E-state index contributed by atoms with van der Waals surface area (Å²) in [4.78, 5) is 23.9. The van der Waals surface area contributed by atoms with E-state index in [0.717, 1.165) is 22.6 Å². The molecular formula is C22H24FN5O2. The lowest BCUT2D eigenvalue weighted by atomic mass is 10.0. The van der Waals surface area contributed by atoms with E-state index in [1.165, 1.54) is 18.2 Å². The van der Waals surface area contributed by atoms with Crippen molar-refractivity contribution >= 4 is 11.9 Å². The molecule has 0 aliphatic heterocycles. The van der Waals surface area contributed by atoms with Gasteiger partial charge >= 0.3 is 6.03 Å². The average Bonchev–Trinajstić information content (AvgIpc) is 3.00. The number of nitrogens with zero attached hydrogens (tertiary/aromatic N) is 2. The van der Waals surface area contributed by atoms with E-state index >= 15 is 0 Å². The van der Waals surface area contributed by atoms with Gasteiger partial charge in [-0.25, -0.2) is 13.9 Å². The highest BCUT2D eigenvalue weighted by Gasteiger charge is 2.21. The van der Waals surface area contributed by atoms with Crippen LogP contribution in [0.3, 0.4) is 0 Å². The molecule has 4 N–H and O–H groups in total. The normalized spacial score (nSPS) is 11.7. The van der Waals surface area contributed by atoms with Crippen LogP contribution in [0, 0.1) is 19.7 Å². The molecule has 156 valence electrons. The third kappa shape index (κ3) is 4.83. The van der Waals surface area contributed by atoms with E-state index in [-0.39, 0.29) is 24.4 Å². The quantitative estimate of drug-likeness (QED) is 0.559. The van der Waals surface area contributed by atoms with Crippen molar-refractivity contribution in [2.75, 3.05) is 0 Å².